The maximum atomic E-state index is 12.1. The molecule has 1 fully saturated rings. The van der Waals surface area contributed by atoms with Gasteiger partial charge in [0.05, 0.1) is 5.69 Å². The Bertz CT molecular complexity index is 966. The zero-order valence-corrected chi connectivity index (χ0v) is 16.7. The average molecular weight is 394 g/mol. The average Bonchev–Trinajstić information content (AvgIpc) is 2.74. The summed E-state index contributed by atoms with van der Waals surface area (Å²) in [6.45, 7) is 5.38. The predicted octanol–water partition coefficient (Wildman–Crippen LogP) is 3.09. The van der Waals surface area contributed by atoms with Crippen molar-refractivity contribution in [3.63, 3.8) is 0 Å². The van der Waals surface area contributed by atoms with E-state index < -0.39 is 0 Å². The number of piperazine rings is 1. The van der Waals surface area contributed by atoms with Crippen LogP contribution in [0.15, 0.2) is 64.4 Å². The van der Waals surface area contributed by atoms with Crippen molar-refractivity contribution in [3.8, 4) is 0 Å². The summed E-state index contributed by atoms with van der Waals surface area (Å²) < 4.78 is 0. The summed E-state index contributed by atoms with van der Waals surface area (Å²) >= 11 is 1.69. The fraction of sp³-hybridized carbons (Fsp3) is 0.286. The van der Waals surface area contributed by atoms with Gasteiger partial charge in [-0.15, -0.1) is 11.8 Å². The SMILES string of the molecule is Cc1ccc(SCc2cc(=O)[nH]c(N3CCN(c4ccccn4)CC3)n2)cc1. The molecule has 2 aromatic heterocycles. The topological polar surface area (TPSA) is 65.1 Å². The van der Waals surface area contributed by atoms with Crippen LogP contribution in [0.3, 0.4) is 0 Å². The molecule has 0 aliphatic carbocycles. The van der Waals surface area contributed by atoms with Crippen molar-refractivity contribution in [2.45, 2.75) is 17.6 Å². The summed E-state index contributed by atoms with van der Waals surface area (Å²) in [6, 6.07) is 15.9. The third-order valence-electron chi connectivity index (χ3n) is 4.74. The first-order valence-electron chi connectivity index (χ1n) is 9.38. The van der Waals surface area contributed by atoms with E-state index >= 15 is 0 Å². The number of anilines is 2. The van der Waals surface area contributed by atoms with Crippen LogP contribution in [0.25, 0.3) is 0 Å². The molecule has 1 saturated heterocycles. The molecule has 0 bridgehead atoms. The molecular weight excluding hydrogens is 370 g/mol. The number of pyridine rings is 1. The number of hydrogen-bond acceptors (Lipinski definition) is 6. The lowest BCUT2D eigenvalue weighted by Crippen LogP contribution is -2.47. The summed E-state index contributed by atoms with van der Waals surface area (Å²) in [5.74, 6) is 2.33. The molecule has 3 heterocycles. The summed E-state index contributed by atoms with van der Waals surface area (Å²) in [5.41, 5.74) is 1.94. The summed E-state index contributed by atoms with van der Waals surface area (Å²) in [5, 5.41) is 0. The zero-order valence-electron chi connectivity index (χ0n) is 15.8. The van der Waals surface area contributed by atoms with Crippen LogP contribution >= 0.6 is 11.8 Å². The van der Waals surface area contributed by atoms with E-state index in [2.05, 4.69) is 51.0 Å². The number of thioether (sulfide) groups is 1. The number of H-pyrrole nitrogens is 1. The highest BCUT2D eigenvalue weighted by Gasteiger charge is 2.20. The van der Waals surface area contributed by atoms with E-state index in [1.165, 1.54) is 10.5 Å². The van der Waals surface area contributed by atoms with Gasteiger partial charge >= 0.3 is 0 Å². The zero-order chi connectivity index (χ0) is 19.3. The second kappa shape index (κ2) is 8.48. The number of rotatable bonds is 5. The van der Waals surface area contributed by atoms with Crippen molar-refractivity contribution in [1.29, 1.82) is 0 Å². The highest BCUT2D eigenvalue weighted by molar-refractivity contribution is 7.98. The van der Waals surface area contributed by atoms with Crippen LogP contribution < -0.4 is 15.4 Å². The molecule has 0 saturated carbocycles. The highest BCUT2D eigenvalue weighted by atomic mass is 32.2. The molecule has 0 radical (unpaired) electrons. The molecule has 1 N–H and O–H groups in total. The van der Waals surface area contributed by atoms with Crippen molar-refractivity contribution in [2.24, 2.45) is 0 Å². The molecule has 0 amide bonds. The minimum absolute atomic E-state index is 0.100. The lowest BCUT2D eigenvalue weighted by molar-refractivity contribution is 0.632. The lowest BCUT2D eigenvalue weighted by Gasteiger charge is -2.35. The lowest BCUT2D eigenvalue weighted by atomic mass is 10.2. The van der Waals surface area contributed by atoms with E-state index in [1.807, 2.05) is 24.4 Å². The van der Waals surface area contributed by atoms with Gasteiger partial charge in [-0.25, -0.2) is 9.97 Å². The second-order valence-corrected chi connectivity index (χ2v) is 7.87. The summed E-state index contributed by atoms with van der Waals surface area (Å²) in [6.07, 6.45) is 1.82. The van der Waals surface area contributed by atoms with Crippen molar-refractivity contribution in [1.82, 2.24) is 15.0 Å². The Morgan fingerprint density at radius 3 is 2.50 bits per heavy atom. The number of nitrogens with one attached hydrogen (secondary N) is 1. The Hall–Kier alpha value is -2.80. The van der Waals surface area contributed by atoms with Gasteiger partial charge in [-0.1, -0.05) is 23.8 Å². The quantitative estimate of drug-likeness (QED) is 0.672. The van der Waals surface area contributed by atoms with Gasteiger partial charge in [0.25, 0.3) is 5.56 Å². The number of nitrogens with zero attached hydrogens (tertiary/aromatic N) is 4. The molecule has 0 spiro atoms. The first-order valence-corrected chi connectivity index (χ1v) is 10.4. The number of aromatic nitrogens is 3. The molecule has 0 unspecified atom stereocenters. The first-order chi connectivity index (χ1) is 13.7. The standard InChI is InChI=1S/C21H23N5OS/c1-16-5-7-18(8-6-16)28-15-17-14-20(27)24-21(23-17)26-12-10-25(11-13-26)19-4-2-3-9-22-19/h2-9,14H,10-13,15H2,1H3,(H,23,24,27). The minimum Gasteiger partial charge on any atom is -0.353 e. The molecule has 0 atom stereocenters. The molecule has 144 valence electrons. The third kappa shape index (κ3) is 4.54. The van der Waals surface area contributed by atoms with Gasteiger partial charge < -0.3 is 9.80 Å². The second-order valence-electron chi connectivity index (χ2n) is 6.82. The van der Waals surface area contributed by atoms with E-state index in [4.69, 9.17) is 4.98 Å². The molecule has 1 aromatic carbocycles. The fourth-order valence-electron chi connectivity index (χ4n) is 3.20. The molecule has 4 rings (SSSR count). The fourth-order valence-corrected chi connectivity index (χ4v) is 3.99. The van der Waals surface area contributed by atoms with Crippen LogP contribution in [-0.2, 0) is 5.75 Å². The smallest absolute Gasteiger partial charge is 0.252 e. The molecule has 6 nitrogen and oxygen atoms in total. The van der Waals surface area contributed by atoms with Gasteiger partial charge in [-0.3, -0.25) is 9.78 Å². The summed E-state index contributed by atoms with van der Waals surface area (Å²) in [7, 11) is 0. The van der Waals surface area contributed by atoms with Crippen molar-refractivity contribution >= 4 is 23.5 Å². The van der Waals surface area contributed by atoms with Crippen LogP contribution in [0.4, 0.5) is 11.8 Å². The third-order valence-corrected chi connectivity index (χ3v) is 5.79. The van der Waals surface area contributed by atoms with Crippen LogP contribution in [-0.4, -0.2) is 41.1 Å². The molecule has 1 aliphatic rings. The van der Waals surface area contributed by atoms with Crippen molar-refractivity contribution in [3.05, 3.63) is 76.3 Å². The molecule has 1 aliphatic heterocycles. The molecular formula is C21H23N5OS. The van der Waals surface area contributed by atoms with Crippen molar-refractivity contribution in [2.75, 3.05) is 36.0 Å². The van der Waals surface area contributed by atoms with Gasteiger partial charge in [-0.2, -0.15) is 0 Å². The Morgan fingerprint density at radius 2 is 1.79 bits per heavy atom. The van der Waals surface area contributed by atoms with E-state index in [9.17, 15) is 4.79 Å². The Labute approximate surface area is 168 Å². The Morgan fingerprint density at radius 1 is 1.04 bits per heavy atom. The van der Waals surface area contributed by atoms with Crippen LogP contribution in [0.5, 0.6) is 0 Å². The molecule has 7 heteroatoms. The van der Waals surface area contributed by atoms with E-state index in [1.54, 1.807) is 17.8 Å². The van der Waals surface area contributed by atoms with Gasteiger partial charge in [0.15, 0.2) is 0 Å². The Balaban J connectivity index is 1.41. The minimum atomic E-state index is -0.100. The molecule has 28 heavy (non-hydrogen) atoms. The van der Waals surface area contributed by atoms with Crippen LogP contribution in [0.2, 0.25) is 0 Å². The maximum Gasteiger partial charge on any atom is 0.252 e. The summed E-state index contributed by atoms with van der Waals surface area (Å²) in [4.78, 5) is 29.7. The van der Waals surface area contributed by atoms with E-state index in [0.717, 1.165) is 37.7 Å². The van der Waals surface area contributed by atoms with Gasteiger partial charge in [0.2, 0.25) is 5.95 Å². The Kier molecular flexibility index (Phi) is 5.62. The van der Waals surface area contributed by atoms with E-state index in [0.29, 0.717) is 11.7 Å². The van der Waals surface area contributed by atoms with Gasteiger partial charge in [0.1, 0.15) is 5.82 Å². The van der Waals surface area contributed by atoms with Crippen LogP contribution in [0, 0.1) is 6.92 Å². The maximum absolute atomic E-state index is 12.1. The predicted molar refractivity (Wildman–Crippen MR) is 114 cm³/mol. The number of aryl methyl sites for hydroxylation is 1. The van der Waals surface area contributed by atoms with Crippen LogP contribution in [0.1, 0.15) is 11.3 Å². The van der Waals surface area contributed by atoms with Gasteiger partial charge in [-0.05, 0) is 31.2 Å². The number of hydrogen-bond donors (Lipinski definition) is 1. The molecule has 3 aromatic rings. The monoisotopic (exact) mass is 393 g/mol. The van der Waals surface area contributed by atoms with Crippen molar-refractivity contribution < 1.29 is 0 Å². The highest BCUT2D eigenvalue weighted by Crippen LogP contribution is 2.23. The number of aromatic amines is 1. The first kappa shape index (κ1) is 18.6. The largest absolute Gasteiger partial charge is 0.353 e. The van der Waals surface area contributed by atoms with Gasteiger partial charge in [0, 0.05) is 49.1 Å². The number of benzene rings is 1. The normalized spacial score (nSPS) is 14.3. The van der Waals surface area contributed by atoms with E-state index in [-0.39, 0.29) is 5.56 Å².